The molecule has 0 N–H and O–H groups in total. The predicted octanol–water partition coefficient (Wildman–Crippen LogP) is 1.76. The molecule has 6 nitrogen and oxygen atoms in total. The lowest BCUT2D eigenvalue weighted by atomic mass is 10.1. The molecule has 0 fully saturated rings. The zero-order chi connectivity index (χ0) is 13.1. The van der Waals surface area contributed by atoms with Crippen molar-refractivity contribution in [3.8, 4) is 11.3 Å². The summed E-state index contributed by atoms with van der Waals surface area (Å²) in [6.07, 6.45) is 2.42. The molecule has 0 unspecified atom stereocenters. The molecule has 0 saturated heterocycles. The molecule has 2 aromatic rings. The van der Waals surface area contributed by atoms with Gasteiger partial charge in [0.25, 0.3) is 0 Å². The lowest BCUT2D eigenvalue weighted by Gasteiger charge is -2.04. The van der Waals surface area contributed by atoms with E-state index in [2.05, 4.69) is 15.1 Å². The van der Waals surface area contributed by atoms with E-state index in [-0.39, 0.29) is 12.3 Å². The van der Waals surface area contributed by atoms with Crippen LogP contribution in [0.25, 0.3) is 11.3 Å². The number of halogens is 1. The first-order valence-corrected chi connectivity index (χ1v) is 5.24. The summed E-state index contributed by atoms with van der Waals surface area (Å²) in [6.45, 7) is 3.39. The van der Waals surface area contributed by atoms with Gasteiger partial charge in [-0.05, 0) is 13.8 Å². The van der Waals surface area contributed by atoms with E-state index in [1.807, 2.05) is 0 Å². The van der Waals surface area contributed by atoms with Crippen LogP contribution in [0.5, 0.6) is 0 Å². The Labute approximate surface area is 102 Å². The van der Waals surface area contributed by atoms with Gasteiger partial charge >= 0.3 is 5.97 Å². The molecule has 94 valence electrons. The van der Waals surface area contributed by atoms with Crippen molar-refractivity contribution >= 4 is 5.97 Å². The van der Waals surface area contributed by atoms with Gasteiger partial charge in [0.15, 0.2) is 11.5 Å². The third-order valence-corrected chi connectivity index (χ3v) is 2.26. The largest absolute Gasteiger partial charge is 0.461 e. The number of aromatic nitrogens is 3. The molecule has 2 aromatic heterocycles. The van der Waals surface area contributed by atoms with E-state index in [0.717, 1.165) is 6.33 Å². The molecule has 0 aliphatic carbocycles. The minimum Gasteiger partial charge on any atom is -0.461 e. The third-order valence-electron chi connectivity index (χ3n) is 2.26. The highest BCUT2D eigenvalue weighted by Crippen LogP contribution is 2.24. The van der Waals surface area contributed by atoms with Crippen LogP contribution in [-0.4, -0.2) is 27.7 Å². The van der Waals surface area contributed by atoms with E-state index in [1.165, 1.54) is 6.20 Å². The average Bonchev–Trinajstić information content (AvgIpc) is 2.76. The van der Waals surface area contributed by atoms with Gasteiger partial charge in [0.05, 0.1) is 18.4 Å². The Morgan fingerprint density at radius 3 is 2.89 bits per heavy atom. The Hall–Kier alpha value is -2.31. The molecule has 0 amide bonds. The summed E-state index contributed by atoms with van der Waals surface area (Å²) in [5, 5.41) is 3.53. The van der Waals surface area contributed by atoms with E-state index in [4.69, 9.17) is 9.26 Å². The number of aryl methyl sites for hydroxylation is 1. The number of hydrogen-bond acceptors (Lipinski definition) is 6. The fourth-order valence-corrected chi connectivity index (χ4v) is 1.43. The fourth-order valence-electron chi connectivity index (χ4n) is 1.43. The highest BCUT2D eigenvalue weighted by atomic mass is 19.1. The van der Waals surface area contributed by atoms with Crippen molar-refractivity contribution in [1.82, 2.24) is 15.1 Å². The zero-order valence-corrected chi connectivity index (χ0v) is 9.81. The van der Waals surface area contributed by atoms with Crippen LogP contribution in [0.3, 0.4) is 0 Å². The van der Waals surface area contributed by atoms with Crippen LogP contribution in [0.2, 0.25) is 0 Å². The lowest BCUT2D eigenvalue weighted by molar-refractivity contribution is 0.0513. The van der Waals surface area contributed by atoms with Crippen molar-refractivity contribution in [3.05, 3.63) is 29.8 Å². The Morgan fingerprint density at radius 2 is 2.28 bits per heavy atom. The predicted molar refractivity (Wildman–Crippen MR) is 58.2 cm³/mol. The molecule has 0 bridgehead atoms. The second-order valence-electron chi connectivity index (χ2n) is 3.40. The zero-order valence-electron chi connectivity index (χ0n) is 9.81. The van der Waals surface area contributed by atoms with Gasteiger partial charge in [-0.1, -0.05) is 5.16 Å². The van der Waals surface area contributed by atoms with Gasteiger partial charge in [0.2, 0.25) is 0 Å². The van der Waals surface area contributed by atoms with E-state index < -0.39 is 17.5 Å². The molecule has 0 spiro atoms. The number of esters is 1. The molecule has 18 heavy (non-hydrogen) atoms. The van der Waals surface area contributed by atoms with Crippen LogP contribution in [0, 0.1) is 12.7 Å². The van der Waals surface area contributed by atoms with Crippen LogP contribution in [0.1, 0.15) is 23.2 Å². The van der Waals surface area contributed by atoms with E-state index in [0.29, 0.717) is 11.3 Å². The quantitative estimate of drug-likeness (QED) is 0.773. The van der Waals surface area contributed by atoms with E-state index in [9.17, 15) is 9.18 Å². The molecule has 2 rings (SSSR count). The molecular weight excluding hydrogens is 241 g/mol. The Kier molecular flexibility index (Phi) is 3.31. The minimum absolute atomic E-state index is 0.0354. The second kappa shape index (κ2) is 4.91. The highest BCUT2D eigenvalue weighted by Gasteiger charge is 2.21. The molecule has 7 heteroatoms. The van der Waals surface area contributed by atoms with Crippen molar-refractivity contribution in [2.45, 2.75) is 13.8 Å². The van der Waals surface area contributed by atoms with Gasteiger partial charge < -0.3 is 9.26 Å². The van der Waals surface area contributed by atoms with Crippen molar-refractivity contribution < 1.29 is 18.4 Å². The maximum Gasteiger partial charge on any atom is 0.360 e. The maximum atomic E-state index is 14.1. The van der Waals surface area contributed by atoms with Crippen LogP contribution in [0.15, 0.2) is 17.0 Å². The third kappa shape index (κ3) is 2.06. The van der Waals surface area contributed by atoms with Gasteiger partial charge in [0.1, 0.15) is 17.8 Å². The Morgan fingerprint density at radius 1 is 1.50 bits per heavy atom. The first kappa shape index (κ1) is 12.2. The summed E-state index contributed by atoms with van der Waals surface area (Å²) < 4.78 is 23.6. The first-order chi connectivity index (χ1) is 8.65. The normalized spacial score (nSPS) is 10.4. The SMILES string of the molecule is CCOC(=O)c1ncnc(-c2cnoc2C)c1F. The van der Waals surface area contributed by atoms with Crippen LogP contribution in [0.4, 0.5) is 4.39 Å². The molecule has 0 radical (unpaired) electrons. The van der Waals surface area contributed by atoms with Crippen LogP contribution >= 0.6 is 0 Å². The highest BCUT2D eigenvalue weighted by molar-refractivity contribution is 5.88. The molecule has 0 aromatic carbocycles. The molecule has 0 saturated carbocycles. The first-order valence-electron chi connectivity index (χ1n) is 5.24. The van der Waals surface area contributed by atoms with E-state index in [1.54, 1.807) is 13.8 Å². The number of ether oxygens (including phenoxy) is 1. The number of nitrogens with zero attached hydrogens (tertiary/aromatic N) is 3. The minimum atomic E-state index is -0.845. The Balaban J connectivity index is 2.49. The molecule has 0 aliphatic rings. The topological polar surface area (TPSA) is 78.1 Å². The standard InChI is InChI=1S/C11H10FN3O3/c1-3-17-11(16)10-8(12)9(13-5-14-10)7-4-15-18-6(7)2/h4-5H,3H2,1-2H3. The number of carbonyl (C=O) groups excluding carboxylic acids is 1. The average molecular weight is 251 g/mol. The van der Waals surface area contributed by atoms with Gasteiger partial charge in [-0.15, -0.1) is 0 Å². The lowest BCUT2D eigenvalue weighted by Crippen LogP contribution is -2.11. The molecule has 2 heterocycles. The summed E-state index contributed by atoms with van der Waals surface area (Å²) in [6, 6.07) is 0. The second-order valence-corrected chi connectivity index (χ2v) is 3.40. The van der Waals surface area contributed by atoms with Gasteiger partial charge in [-0.3, -0.25) is 0 Å². The Bertz CT molecular complexity index is 583. The van der Waals surface area contributed by atoms with Crippen LogP contribution < -0.4 is 0 Å². The monoisotopic (exact) mass is 251 g/mol. The van der Waals surface area contributed by atoms with Crippen molar-refractivity contribution in [2.24, 2.45) is 0 Å². The summed E-state index contributed by atoms with van der Waals surface area (Å²) >= 11 is 0. The summed E-state index contributed by atoms with van der Waals surface area (Å²) in [4.78, 5) is 18.9. The van der Waals surface area contributed by atoms with Gasteiger partial charge in [0, 0.05) is 0 Å². The number of carbonyl (C=O) groups is 1. The maximum absolute atomic E-state index is 14.1. The van der Waals surface area contributed by atoms with Crippen LogP contribution in [-0.2, 0) is 4.74 Å². The van der Waals surface area contributed by atoms with Gasteiger partial charge in [-0.25, -0.2) is 19.2 Å². The molecule has 0 atom stereocenters. The van der Waals surface area contributed by atoms with Crippen molar-refractivity contribution in [3.63, 3.8) is 0 Å². The number of hydrogen-bond donors (Lipinski definition) is 0. The number of rotatable bonds is 3. The molecule has 0 aliphatic heterocycles. The fraction of sp³-hybridized carbons (Fsp3) is 0.273. The van der Waals surface area contributed by atoms with E-state index >= 15 is 0 Å². The smallest absolute Gasteiger partial charge is 0.360 e. The summed E-state index contributed by atoms with van der Waals surface area (Å²) in [7, 11) is 0. The van der Waals surface area contributed by atoms with Crippen molar-refractivity contribution in [1.29, 1.82) is 0 Å². The molecular formula is C11H10FN3O3. The van der Waals surface area contributed by atoms with Gasteiger partial charge in [-0.2, -0.15) is 0 Å². The summed E-state index contributed by atoms with van der Waals surface area (Å²) in [5.74, 6) is -1.27. The summed E-state index contributed by atoms with van der Waals surface area (Å²) in [5.41, 5.74) is -0.0605. The van der Waals surface area contributed by atoms with Crippen molar-refractivity contribution in [2.75, 3.05) is 6.61 Å².